The molecule has 0 aromatic heterocycles. The number of likely N-dealkylation sites (N-methyl/N-ethyl adjacent to an activating group) is 1. The molecule has 1 N–H and O–H groups in total. The van der Waals surface area contributed by atoms with Crippen LogP contribution < -0.4 is 0 Å². The molecule has 13 heavy (non-hydrogen) atoms. The van der Waals surface area contributed by atoms with E-state index in [1.165, 1.54) is 0 Å². The van der Waals surface area contributed by atoms with E-state index in [1.54, 1.807) is 0 Å². The first kappa shape index (κ1) is 10.9. The lowest BCUT2D eigenvalue weighted by atomic mass is 10.4. The number of ether oxygens (including phenoxy) is 1. The molecular formula is C9H20N2O2. The summed E-state index contributed by atoms with van der Waals surface area (Å²) in [7, 11) is 2.14. The Labute approximate surface area is 80.1 Å². The first-order valence-electron chi connectivity index (χ1n) is 4.88. The van der Waals surface area contributed by atoms with Crippen LogP contribution in [0.25, 0.3) is 0 Å². The molecule has 4 nitrogen and oxygen atoms in total. The summed E-state index contributed by atoms with van der Waals surface area (Å²) in [6, 6.07) is 0. The van der Waals surface area contributed by atoms with Gasteiger partial charge in [0.05, 0.1) is 26.0 Å². The third-order valence-corrected chi connectivity index (χ3v) is 2.66. The highest BCUT2D eigenvalue weighted by Gasteiger charge is 2.24. The highest BCUT2D eigenvalue weighted by atomic mass is 16.5. The molecule has 0 aromatic rings. The van der Waals surface area contributed by atoms with Gasteiger partial charge in [-0.05, 0) is 14.0 Å². The minimum atomic E-state index is 0.120. The second-order valence-electron chi connectivity index (χ2n) is 3.48. The van der Waals surface area contributed by atoms with Crippen LogP contribution in [0.3, 0.4) is 0 Å². The van der Waals surface area contributed by atoms with Gasteiger partial charge in [-0.15, -0.1) is 0 Å². The molecule has 1 fully saturated rings. The lowest BCUT2D eigenvalue weighted by Crippen LogP contribution is -2.36. The lowest BCUT2D eigenvalue weighted by molar-refractivity contribution is 0.0641. The van der Waals surface area contributed by atoms with Crippen LogP contribution in [-0.2, 0) is 4.74 Å². The molecule has 1 aliphatic heterocycles. The van der Waals surface area contributed by atoms with E-state index in [0.29, 0.717) is 12.8 Å². The summed E-state index contributed by atoms with van der Waals surface area (Å²) in [6.45, 7) is 6.73. The third kappa shape index (κ3) is 3.23. The fourth-order valence-corrected chi connectivity index (χ4v) is 1.59. The number of aliphatic hydroxyl groups is 1. The van der Waals surface area contributed by atoms with E-state index in [4.69, 9.17) is 9.84 Å². The van der Waals surface area contributed by atoms with Crippen LogP contribution in [0.2, 0.25) is 0 Å². The van der Waals surface area contributed by atoms with E-state index >= 15 is 0 Å². The van der Waals surface area contributed by atoms with Crippen molar-refractivity contribution in [2.75, 3.05) is 46.5 Å². The van der Waals surface area contributed by atoms with Crippen molar-refractivity contribution in [3.63, 3.8) is 0 Å². The van der Waals surface area contributed by atoms with Gasteiger partial charge in [-0.3, -0.25) is 9.80 Å². The Balaban J connectivity index is 2.08. The number of hydrogen-bond donors (Lipinski definition) is 1. The zero-order chi connectivity index (χ0) is 9.68. The van der Waals surface area contributed by atoms with Gasteiger partial charge in [-0.1, -0.05) is 0 Å². The topological polar surface area (TPSA) is 35.9 Å². The fraction of sp³-hybridized carbons (Fsp3) is 1.00. The Kier molecular flexibility index (Phi) is 4.66. The van der Waals surface area contributed by atoms with Gasteiger partial charge in [-0.25, -0.2) is 0 Å². The Bertz CT molecular complexity index is 144. The predicted molar refractivity (Wildman–Crippen MR) is 51.6 cm³/mol. The Morgan fingerprint density at radius 1 is 1.38 bits per heavy atom. The maximum Gasteiger partial charge on any atom is 0.0698 e. The van der Waals surface area contributed by atoms with Crippen molar-refractivity contribution in [3.05, 3.63) is 0 Å². The van der Waals surface area contributed by atoms with E-state index in [9.17, 15) is 0 Å². The maximum absolute atomic E-state index is 8.51. The quantitative estimate of drug-likeness (QED) is 0.595. The summed E-state index contributed by atoms with van der Waals surface area (Å²) in [6.07, 6.45) is 0.526. The second-order valence-corrected chi connectivity index (χ2v) is 3.48. The number of rotatable bonds is 5. The van der Waals surface area contributed by atoms with Gasteiger partial charge in [0.25, 0.3) is 0 Å². The Hall–Kier alpha value is -0.160. The molecule has 1 rings (SSSR count). The predicted octanol–water partition coefficient (Wildman–Crippen LogP) is -0.411. The minimum Gasteiger partial charge on any atom is -0.394 e. The lowest BCUT2D eigenvalue weighted by Gasteiger charge is -2.23. The van der Waals surface area contributed by atoms with Crippen LogP contribution in [-0.4, -0.2) is 67.6 Å². The molecular weight excluding hydrogens is 168 g/mol. The molecule has 1 unspecified atom stereocenters. The molecule has 0 aliphatic carbocycles. The molecule has 0 amide bonds. The number of nitrogens with zero attached hydrogens (tertiary/aromatic N) is 2. The minimum absolute atomic E-state index is 0.120. The molecule has 4 heteroatoms. The largest absolute Gasteiger partial charge is 0.394 e. The van der Waals surface area contributed by atoms with Gasteiger partial charge in [0.2, 0.25) is 0 Å². The first-order chi connectivity index (χ1) is 6.25. The molecule has 0 saturated carbocycles. The zero-order valence-electron chi connectivity index (χ0n) is 8.57. The van der Waals surface area contributed by atoms with Gasteiger partial charge in [0, 0.05) is 19.6 Å². The van der Waals surface area contributed by atoms with Gasteiger partial charge < -0.3 is 9.84 Å². The van der Waals surface area contributed by atoms with Crippen LogP contribution in [0, 0.1) is 0 Å². The van der Waals surface area contributed by atoms with E-state index in [-0.39, 0.29) is 6.61 Å². The van der Waals surface area contributed by atoms with Crippen molar-refractivity contribution < 1.29 is 9.84 Å². The summed E-state index contributed by atoms with van der Waals surface area (Å²) < 4.78 is 5.22. The molecule has 0 radical (unpaired) electrons. The highest BCUT2D eigenvalue weighted by Crippen LogP contribution is 2.10. The maximum atomic E-state index is 8.51. The van der Waals surface area contributed by atoms with Crippen molar-refractivity contribution in [1.82, 2.24) is 9.80 Å². The smallest absolute Gasteiger partial charge is 0.0698 e. The van der Waals surface area contributed by atoms with Crippen LogP contribution in [0.1, 0.15) is 6.92 Å². The van der Waals surface area contributed by atoms with Crippen LogP contribution in [0.4, 0.5) is 0 Å². The van der Waals surface area contributed by atoms with E-state index in [0.717, 1.165) is 26.2 Å². The average Bonchev–Trinajstić information content (AvgIpc) is 2.43. The summed E-state index contributed by atoms with van der Waals surface area (Å²) in [5, 5.41) is 8.51. The molecule has 1 saturated heterocycles. The highest BCUT2D eigenvalue weighted by molar-refractivity contribution is 4.75. The monoisotopic (exact) mass is 188 g/mol. The summed E-state index contributed by atoms with van der Waals surface area (Å²) in [5.41, 5.74) is 0. The van der Waals surface area contributed by atoms with Crippen molar-refractivity contribution >= 4 is 0 Å². The third-order valence-electron chi connectivity index (χ3n) is 2.66. The number of hydrogen-bond acceptors (Lipinski definition) is 4. The second kappa shape index (κ2) is 5.54. The van der Waals surface area contributed by atoms with E-state index in [2.05, 4.69) is 23.8 Å². The molecule has 0 aromatic carbocycles. The van der Waals surface area contributed by atoms with Crippen molar-refractivity contribution in [3.8, 4) is 0 Å². The van der Waals surface area contributed by atoms with Crippen molar-refractivity contribution in [1.29, 1.82) is 0 Å². The average molecular weight is 188 g/mol. The van der Waals surface area contributed by atoms with Gasteiger partial charge in [0.1, 0.15) is 0 Å². The van der Waals surface area contributed by atoms with Crippen molar-refractivity contribution in [2.24, 2.45) is 0 Å². The summed E-state index contributed by atoms with van der Waals surface area (Å²) >= 11 is 0. The molecule has 78 valence electrons. The Morgan fingerprint density at radius 2 is 2.15 bits per heavy atom. The van der Waals surface area contributed by atoms with E-state index in [1.807, 2.05) is 0 Å². The van der Waals surface area contributed by atoms with Gasteiger partial charge in [0.15, 0.2) is 0 Å². The molecule has 1 atom stereocenters. The molecule has 1 heterocycles. The van der Waals surface area contributed by atoms with Crippen LogP contribution in [0.5, 0.6) is 0 Å². The summed E-state index contributed by atoms with van der Waals surface area (Å²) in [4.78, 5) is 4.71. The zero-order valence-corrected chi connectivity index (χ0v) is 8.57. The van der Waals surface area contributed by atoms with Crippen LogP contribution >= 0.6 is 0 Å². The van der Waals surface area contributed by atoms with Crippen molar-refractivity contribution in [2.45, 2.75) is 13.1 Å². The van der Waals surface area contributed by atoms with Crippen LogP contribution in [0.15, 0.2) is 0 Å². The Morgan fingerprint density at radius 3 is 2.69 bits per heavy atom. The number of aliphatic hydroxyl groups excluding tert-OH is 1. The fourth-order valence-electron chi connectivity index (χ4n) is 1.59. The molecule has 1 aliphatic rings. The molecule has 0 bridgehead atoms. The first-order valence-corrected chi connectivity index (χ1v) is 4.88. The van der Waals surface area contributed by atoms with Gasteiger partial charge >= 0.3 is 0 Å². The van der Waals surface area contributed by atoms with E-state index < -0.39 is 0 Å². The molecule has 0 spiro atoms. The SMILES string of the molecule is CC1N(C)CCN1CCOCCO. The summed E-state index contributed by atoms with van der Waals surface area (Å²) in [5.74, 6) is 0. The standard InChI is InChI=1S/C9H20N2O2/c1-9-10(2)3-4-11(9)5-7-13-8-6-12/h9,12H,3-8H2,1-2H3. The van der Waals surface area contributed by atoms with Gasteiger partial charge in [-0.2, -0.15) is 0 Å². The normalized spacial score (nSPS) is 25.6.